The molecule has 3 rings (SSSR count). The smallest absolute Gasteiger partial charge is 0.159 e. The van der Waals surface area contributed by atoms with Crippen LogP contribution in [0, 0.1) is 0 Å². The van der Waals surface area contributed by atoms with Crippen molar-refractivity contribution in [3.63, 3.8) is 0 Å². The van der Waals surface area contributed by atoms with E-state index < -0.39 is 6.17 Å². The first-order valence-electron chi connectivity index (χ1n) is 15.6. The zero-order valence-corrected chi connectivity index (χ0v) is 24.8. The van der Waals surface area contributed by atoms with E-state index in [4.69, 9.17) is 9.47 Å². The van der Waals surface area contributed by atoms with Gasteiger partial charge in [-0.2, -0.15) is 0 Å². The van der Waals surface area contributed by atoms with Gasteiger partial charge in [-0.1, -0.05) is 103 Å². The van der Waals surface area contributed by atoms with Crippen LogP contribution in [0.1, 0.15) is 104 Å². The topological polar surface area (TPSA) is 44.2 Å². The summed E-state index contributed by atoms with van der Waals surface area (Å²) in [6, 6.07) is 15.7. The van der Waals surface area contributed by atoms with Gasteiger partial charge >= 0.3 is 0 Å². The third-order valence-corrected chi connectivity index (χ3v) is 7.27. The molecule has 0 aliphatic heterocycles. The fraction of sp³-hybridized carbons (Fsp3) is 0.543. The van der Waals surface area contributed by atoms with E-state index in [2.05, 4.69) is 23.8 Å². The maximum atomic E-state index is 14.2. The van der Waals surface area contributed by atoms with Crippen LogP contribution in [-0.4, -0.2) is 29.4 Å². The predicted molar refractivity (Wildman–Crippen MR) is 165 cm³/mol. The van der Waals surface area contributed by atoms with Crippen molar-refractivity contribution in [2.75, 3.05) is 13.2 Å². The van der Waals surface area contributed by atoms with Crippen LogP contribution in [0.5, 0.6) is 11.5 Å². The van der Waals surface area contributed by atoms with Gasteiger partial charge in [-0.05, 0) is 54.8 Å². The zero-order chi connectivity index (χ0) is 28.3. The van der Waals surface area contributed by atoms with Gasteiger partial charge in [0.15, 0.2) is 5.82 Å². The molecule has 0 fully saturated rings. The fourth-order valence-electron chi connectivity index (χ4n) is 4.74. The number of nitrogens with zero attached hydrogens (tertiary/aromatic N) is 2. The molecule has 1 unspecified atom stereocenters. The summed E-state index contributed by atoms with van der Waals surface area (Å²) in [5.41, 5.74) is 2.88. The monoisotopic (exact) mass is 548 g/mol. The van der Waals surface area contributed by atoms with Crippen LogP contribution in [0.25, 0.3) is 22.5 Å². The Morgan fingerprint density at radius 3 is 1.68 bits per heavy atom. The zero-order valence-electron chi connectivity index (χ0n) is 24.8. The lowest BCUT2D eigenvalue weighted by Crippen LogP contribution is -2.12. The largest absolute Gasteiger partial charge is 0.494 e. The minimum absolute atomic E-state index is 0.106. The van der Waals surface area contributed by atoms with E-state index in [1.807, 2.05) is 60.9 Å². The lowest BCUT2D eigenvalue weighted by atomic mass is 10.1. The first-order chi connectivity index (χ1) is 19.7. The number of hydrogen-bond donors (Lipinski definition) is 0. The molecule has 0 spiro atoms. The first kappa shape index (κ1) is 31.6. The summed E-state index contributed by atoms with van der Waals surface area (Å²) in [6.07, 6.45) is 19.3. The summed E-state index contributed by atoms with van der Waals surface area (Å²) < 4.78 is 25.8. The molecular formula is C35H49FN2O2. The minimum Gasteiger partial charge on any atom is -0.494 e. The summed E-state index contributed by atoms with van der Waals surface area (Å²) in [5.74, 6) is 2.25. The molecular weight excluding hydrogens is 499 g/mol. The molecule has 0 bridgehead atoms. The van der Waals surface area contributed by atoms with E-state index >= 15 is 0 Å². The Bertz CT molecular complexity index is 1040. The number of rotatable bonds is 21. The van der Waals surface area contributed by atoms with Crippen molar-refractivity contribution in [1.82, 2.24) is 9.97 Å². The molecule has 0 amide bonds. The number of unbranched alkanes of at least 4 members (excludes halogenated alkanes) is 11. The summed E-state index contributed by atoms with van der Waals surface area (Å²) >= 11 is 0. The van der Waals surface area contributed by atoms with Gasteiger partial charge in [0.25, 0.3) is 0 Å². The lowest BCUT2D eigenvalue weighted by molar-refractivity contribution is 0.184. The van der Waals surface area contributed by atoms with Crippen LogP contribution in [0.2, 0.25) is 0 Å². The highest BCUT2D eigenvalue weighted by atomic mass is 19.1. The van der Waals surface area contributed by atoms with Crippen LogP contribution >= 0.6 is 0 Å². The van der Waals surface area contributed by atoms with Gasteiger partial charge in [-0.15, -0.1) is 0 Å². The third kappa shape index (κ3) is 12.1. The number of halogens is 1. The SMILES string of the molecule is CCCCCCCCCOc1ccc(-c2ncc(-c3ccc(OCC(F)CCCCCCCC)cc3)cn2)cc1. The van der Waals surface area contributed by atoms with Gasteiger partial charge in [0.05, 0.1) is 6.61 Å². The van der Waals surface area contributed by atoms with E-state index in [1.165, 1.54) is 64.2 Å². The number of ether oxygens (including phenoxy) is 2. The standard InChI is InChI=1S/C35H49FN2O2/c1-3-5-7-9-11-13-15-25-39-33-23-19-30(20-24-33)35-37-26-31(27-38-35)29-17-21-34(22-18-29)40-28-32(36)16-14-12-10-8-6-4-2/h17-24,26-27,32H,3-16,25,28H2,1-2H3. The lowest BCUT2D eigenvalue weighted by Gasteiger charge is -2.11. The van der Waals surface area contributed by atoms with Gasteiger partial charge < -0.3 is 9.47 Å². The predicted octanol–water partition coefficient (Wildman–Crippen LogP) is 10.4. The molecule has 1 heterocycles. The van der Waals surface area contributed by atoms with E-state index in [-0.39, 0.29) is 6.61 Å². The molecule has 0 N–H and O–H groups in total. The number of benzene rings is 2. The molecule has 218 valence electrons. The van der Waals surface area contributed by atoms with Gasteiger partial charge in [-0.25, -0.2) is 14.4 Å². The van der Waals surface area contributed by atoms with Gasteiger partial charge in [0.1, 0.15) is 24.3 Å². The molecule has 0 aliphatic carbocycles. The normalized spacial score (nSPS) is 11.9. The molecule has 0 saturated carbocycles. The Morgan fingerprint density at radius 2 is 1.07 bits per heavy atom. The molecule has 0 radical (unpaired) electrons. The molecule has 0 aliphatic rings. The highest BCUT2D eigenvalue weighted by Crippen LogP contribution is 2.24. The second kappa shape index (κ2) is 19.2. The summed E-state index contributed by atoms with van der Waals surface area (Å²) in [5, 5.41) is 0. The van der Waals surface area contributed by atoms with Crippen molar-refractivity contribution in [3.8, 4) is 34.0 Å². The molecule has 4 nitrogen and oxygen atoms in total. The number of alkyl halides is 1. The quantitative estimate of drug-likeness (QED) is 0.124. The Hall–Kier alpha value is -2.95. The maximum absolute atomic E-state index is 14.2. The summed E-state index contributed by atoms with van der Waals surface area (Å²) in [6.45, 7) is 5.32. The van der Waals surface area contributed by atoms with E-state index in [0.717, 1.165) is 48.3 Å². The first-order valence-corrected chi connectivity index (χ1v) is 15.6. The molecule has 1 aromatic heterocycles. The molecule has 2 aromatic carbocycles. The Labute approximate surface area is 241 Å². The second-order valence-corrected chi connectivity index (χ2v) is 10.8. The number of hydrogen-bond acceptors (Lipinski definition) is 4. The van der Waals surface area contributed by atoms with Crippen molar-refractivity contribution in [1.29, 1.82) is 0 Å². The van der Waals surface area contributed by atoms with Gasteiger partial charge in [-0.3, -0.25) is 0 Å². The molecule has 5 heteroatoms. The second-order valence-electron chi connectivity index (χ2n) is 10.8. The van der Waals surface area contributed by atoms with Crippen LogP contribution in [0.3, 0.4) is 0 Å². The average Bonchev–Trinajstić information content (AvgIpc) is 3.00. The molecule has 3 aromatic rings. The van der Waals surface area contributed by atoms with Crippen molar-refractivity contribution in [3.05, 3.63) is 60.9 Å². The van der Waals surface area contributed by atoms with E-state index in [9.17, 15) is 4.39 Å². The van der Waals surface area contributed by atoms with Crippen LogP contribution in [0.4, 0.5) is 4.39 Å². The third-order valence-electron chi connectivity index (χ3n) is 7.27. The van der Waals surface area contributed by atoms with Crippen LogP contribution in [-0.2, 0) is 0 Å². The van der Waals surface area contributed by atoms with Crippen molar-refractivity contribution < 1.29 is 13.9 Å². The van der Waals surface area contributed by atoms with Crippen LogP contribution in [0.15, 0.2) is 60.9 Å². The average molecular weight is 549 g/mol. The minimum atomic E-state index is -0.919. The Balaban J connectivity index is 1.38. The summed E-state index contributed by atoms with van der Waals surface area (Å²) in [7, 11) is 0. The molecule has 0 saturated heterocycles. The molecule has 40 heavy (non-hydrogen) atoms. The number of aromatic nitrogens is 2. The van der Waals surface area contributed by atoms with Crippen LogP contribution < -0.4 is 9.47 Å². The van der Waals surface area contributed by atoms with Gasteiger partial charge in [0.2, 0.25) is 0 Å². The summed E-state index contributed by atoms with van der Waals surface area (Å²) in [4.78, 5) is 9.15. The highest BCUT2D eigenvalue weighted by molar-refractivity contribution is 5.64. The van der Waals surface area contributed by atoms with Crippen molar-refractivity contribution in [2.45, 2.75) is 110 Å². The van der Waals surface area contributed by atoms with Crippen molar-refractivity contribution in [2.24, 2.45) is 0 Å². The van der Waals surface area contributed by atoms with E-state index in [0.29, 0.717) is 18.0 Å². The molecule has 1 atom stereocenters. The van der Waals surface area contributed by atoms with E-state index in [1.54, 1.807) is 0 Å². The van der Waals surface area contributed by atoms with Crippen molar-refractivity contribution >= 4 is 0 Å². The Morgan fingerprint density at radius 1 is 0.575 bits per heavy atom. The fourth-order valence-corrected chi connectivity index (χ4v) is 4.74. The maximum Gasteiger partial charge on any atom is 0.159 e. The Kier molecular flexibility index (Phi) is 15.1. The highest BCUT2D eigenvalue weighted by Gasteiger charge is 2.09. The van der Waals surface area contributed by atoms with Gasteiger partial charge in [0, 0.05) is 23.5 Å².